The highest BCUT2D eigenvalue weighted by Gasteiger charge is 2.30. The SMILES string of the molecule is CCOC(=O)c1c(-c2ccccc2)[nH]c2ccc(-c3cccc(C(F)(F)F)c3)nc12. The van der Waals surface area contributed by atoms with E-state index in [2.05, 4.69) is 9.97 Å². The number of ether oxygens (including phenoxy) is 1. The number of H-pyrrole nitrogens is 1. The molecule has 0 aliphatic heterocycles. The van der Waals surface area contributed by atoms with E-state index in [-0.39, 0.29) is 12.2 Å². The van der Waals surface area contributed by atoms with Crippen molar-refractivity contribution in [2.45, 2.75) is 13.1 Å². The fourth-order valence-corrected chi connectivity index (χ4v) is 3.31. The molecule has 7 heteroatoms. The molecular weight excluding hydrogens is 393 g/mol. The molecule has 2 aromatic carbocycles. The van der Waals surface area contributed by atoms with Gasteiger partial charge in [-0.1, -0.05) is 42.5 Å². The minimum Gasteiger partial charge on any atom is -0.462 e. The van der Waals surface area contributed by atoms with Gasteiger partial charge in [0.15, 0.2) is 0 Å². The first-order valence-electron chi connectivity index (χ1n) is 9.31. The van der Waals surface area contributed by atoms with Gasteiger partial charge in [-0.2, -0.15) is 13.2 Å². The number of rotatable bonds is 4. The number of benzene rings is 2. The molecule has 0 amide bonds. The Morgan fingerprint density at radius 3 is 2.43 bits per heavy atom. The molecule has 2 aromatic heterocycles. The molecule has 0 atom stereocenters. The Balaban J connectivity index is 1.90. The van der Waals surface area contributed by atoms with E-state index >= 15 is 0 Å². The number of carbonyl (C=O) groups is 1. The van der Waals surface area contributed by atoms with E-state index in [1.807, 2.05) is 30.3 Å². The first-order valence-corrected chi connectivity index (χ1v) is 9.31. The highest BCUT2D eigenvalue weighted by molar-refractivity contribution is 6.09. The Bertz CT molecular complexity index is 1210. The van der Waals surface area contributed by atoms with Gasteiger partial charge in [-0.15, -0.1) is 0 Å². The van der Waals surface area contributed by atoms with E-state index in [9.17, 15) is 18.0 Å². The third-order valence-electron chi connectivity index (χ3n) is 4.67. The molecular formula is C23H17F3N2O2. The van der Waals surface area contributed by atoms with E-state index in [0.29, 0.717) is 28.0 Å². The van der Waals surface area contributed by atoms with Gasteiger partial charge in [-0.3, -0.25) is 0 Å². The number of hydrogen-bond donors (Lipinski definition) is 1. The molecule has 0 bridgehead atoms. The van der Waals surface area contributed by atoms with Crippen molar-refractivity contribution >= 4 is 17.0 Å². The van der Waals surface area contributed by atoms with Gasteiger partial charge in [-0.25, -0.2) is 9.78 Å². The minimum absolute atomic E-state index is 0.188. The molecule has 4 aromatic rings. The number of nitrogens with one attached hydrogen (secondary N) is 1. The highest BCUT2D eigenvalue weighted by atomic mass is 19.4. The van der Waals surface area contributed by atoms with Gasteiger partial charge in [0.1, 0.15) is 11.1 Å². The number of esters is 1. The molecule has 1 N–H and O–H groups in total. The third-order valence-corrected chi connectivity index (χ3v) is 4.67. The number of carbonyl (C=O) groups excluding carboxylic acids is 1. The van der Waals surface area contributed by atoms with Crippen molar-refractivity contribution in [3.8, 4) is 22.5 Å². The van der Waals surface area contributed by atoms with Gasteiger partial charge in [0.05, 0.1) is 29.1 Å². The summed E-state index contributed by atoms with van der Waals surface area (Å²) in [6.45, 7) is 1.89. The number of halogens is 3. The molecule has 2 heterocycles. The van der Waals surface area contributed by atoms with Gasteiger partial charge in [0.25, 0.3) is 0 Å². The number of fused-ring (bicyclic) bond motifs is 1. The van der Waals surface area contributed by atoms with Crippen LogP contribution in [-0.2, 0) is 10.9 Å². The Kier molecular flexibility index (Phi) is 5.03. The normalized spacial score (nSPS) is 11.6. The maximum Gasteiger partial charge on any atom is 0.416 e. The first kappa shape index (κ1) is 19.7. The van der Waals surface area contributed by atoms with Crippen LogP contribution in [0.3, 0.4) is 0 Å². The number of hydrogen-bond acceptors (Lipinski definition) is 3. The summed E-state index contributed by atoms with van der Waals surface area (Å²) >= 11 is 0. The number of nitrogens with zero attached hydrogens (tertiary/aromatic N) is 1. The predicted octanol–water partition coefficient (Wildman–Crippen LogP) is 6.09. The van der Waals surface area contributed by atoms with Crippen molar-refractivity contribution in [2.75, 3.05) is 6.61 Å². The van der Waals surface area contributed by atoms with Gasteiger partial charge in [0, 0.05) is 5.56 Å². The maximum atomic E-state index is 13.1. The Labute approximate surface area is 170 Å². The second-order valence-electron chi connectivity index (χ2n) is 6.63. The smallest absolute Gasteiger partial charge is 0.416 e. The second kappa shape index (κ2) is 7.67. The van der Waals surface area contributed by atoms with Crippen molar-refractivity contribution in [2.24, 2.45) is 0 Å². The number of aromatic nitrogens is 2. The summed E-state index contributed by atoms with van der Waals surface area (Å²) < 4.78 is 44.5. The molecule has 0 radical (unpaired) electrons. The number of alkyl halides is 3. The lowest BCUT2D eigenvalue weighted by atomic mass is 10.1. The first-order chi connectivity index (χ1) is 14.4. The largest absolute Gasteiger partial charge is 0.462 e. The molecule has 4 rings (SSSR count). The minimum atomic E-state index is -4.45. The van der Waals surface area contributed by atoms with Gasteiger partial charge >= 0.3 is 12.1 Å². The molecule has 0 aliphatic carbocycles. The number of pyridine rings is 1. The standard InChI is InChI=1S/C23H17F3N2O2/c1-2-30-22(29)19-20(14-7-4-3-5-8-14)28-18-12-11-17(27-21(18)19)15-9-6-10-16(13-15)23(24,25)26/h3-13,28H,2H2,1H3. The highest BCUT2D eigenvalue weighted by Crippen LogP contribution is 2.34. The summed E-state index contributed by atoms with van der Waals surface area (Å²) in [6.07, 6.45) is -4.45. The van der Waals surface area contributed by atoms with Crippen molar-refractivity contribution in [1.29, 1.82) is 0 Å². The Hall–Kier alpha value is -3.61. The van der Waals surface area contributed by atoms with E-state index in [1.54, 1.807) is 25.1 Å². The lowest BCUT2D eigenvalue weighted by Gasteiger charge is -2.09. The lowest BCUT2D eigenvalue weighted by molar-refractivity contribution is -0.137. The molecule has 4 nitrogen and oxygen atoms in total. The van der Waals surface area contributed by atoms with Crippen LogP contribution in [0, 0.1) is 0 Å². The Morgan fingerprint density at radius 1 is 1.00 bits per heavy atom. The zero-order valence-electron chi connectivity index (χ0n) is 16.0. The van der Waals surface area contributed by atoms with Crippen LogP contribution in [0.5, 0.6) is 0 Å². The van der Waals surface area contributed by atoms with E-state index in [0.717, 1.165) is 17.7 Å². The molecule has 152 valence electrons. The van der Waals surface area contributed by atoms with Crippen LogP contribution in [0.2, 0.25) is 0 Å². The Morgan fingerprint density at radius 2 is 1.73 bits per heavy atom. The molecule has 0 saturated heterocycles. The van der Waals surface area contributed by atoms with Crippen molar-refractivity contribution in [3.05, 3.63) is 77.9 Å². The summed E-state index contributed by atoms with van der Waals surface area (Å²) in [4.78, 5) is 20.4. The molecule has 0 fully saturated rings. The van der Waals surface area contributed by atoms with Crippen LogP contribution in [0.25, 0.3) is 33.5 Å². The van der Waals surface area contributed by atoms with Crippen LogP contribution in [-0.4, -0.2) is 22.5 Å². The summed E-state index contributed by atoms with van der Waals surface area (Å²) in [5.41, 5.74) is 2.41. The summed E-state index contributed by atoms with van der Waals surface area (Å²) in [6, 6.07) is 17.5. The van der Waals surface area contributed by atoms with Gasteiger partial charge < -0.3 is 9.72 Å². The average Bonchev–Trinajstić information content (AvgIpc) is 3.13. The summed E-state index contributed by atoms with van der Waals surface area (Å²) in [5.74, 6) is -0.545. The maximum absolute atomic E-state index is 13.1. The zero-order valence-corrected chi connectivity index (χ0v) is 16.0. The van der Waals surface area contributed by atoms with Gasteiger partial charge in [0.2, 0.25) is 0 Å². The molecule has 0 saturated carbocycles. The zero-order chi connectivity index (χ0) is 21.3. The molecule has 0 unspecified atom stereocenters. The van der Waals surface area contributed by atoms with Crippen molar-refractivity contribution in [1.82, 2.24) is 9.97 Å². The fourth-order valence-electron chi connectivity index (χ4n) is 3.31. The van der Waals surface area contributed by atoms with Crippen LogP contribution < -0.4 is 0 Å². The number of aromatic amines is 1. The summed E-state index contributed by atoms with van der Waals surface area (Å²) in [5, 5.41) is 0. The monoisotopic (exact) mass is 410 g/mol. The fraction of sp³-hybridized carbons (Fsp3) is 0.130. The van der Waals surface area contributed by atoms with Crippen molar-refractivity contribution < 1.29 is 22.7 Å². The van der Waals surface area contributed by atoms with Crippen LogP contribution in [0.4, 0.5) is 13.2 Å². The topological polar surface area (TPSA) is 55.0 Å². The van der Waals surface area contributed by atoms with E-state index in [1.165, 1.54) is 6.07 Å². The quantitative estimate of drug-likeness (QED) is 0.414. The second-order valence-corrected chi connectivity index (χ2v) is 6.63. The van der Waals surface area contributed by atoms with Crippen molar-refractivity contribution in [3.63, 3.8) is 0 Å². The lowest BCUT2D eigenvalue weighted by Crippen LogP contribution is -2.06. The van der Waals surface area contributed by atoms with Crippen LogP contribution in [0.1, 0.15) is 22.8 Å². The van der Waals surface area contributed by atoms with E-state index in [4.69, 9.17) is 4.74 Å². The van der Waals surface area contributed by atoms with Gasteiger partial charge in [-0.05, 0) is 36.8 Å². The average molecular weight is 410 g/mol. The molecule has 0 aliphatic rings. The molecule has 30 heavy (non-hydrogen) atoms. The third kappa shape index (κ3) is 3.66. The van der Waals surface area contributed by atoms with Crippen LogP contribution in [0.15, 0.2) is 66.7 Å². The predicted molar refractivity (Wildman–Crippen MR) is 108 cm³/mol. The van der Waals surface area contributed by atoms with Crippen LogP contribution >= 0.6 is 0 Å². The van der Waals surface area contributed by atoms with E-state index < -0.39 is 17.7 Å². The summed E-state index contributed by atoms with van der Waals surface area (Å²) in [7, 11) is 0. The molecule has 0 spiro atoms.